The minimum absolute atomic E-state index is 0.0559. The van der Waals surface area contributed by atoms with Crippen LogP contribution in [0.4, 0.5) is 0 Å². The molecular formula is C12H15N3O. The maximum Gasteiger partial charge on any atom is 0.118 e. The van der Waals surface area contributed by atoms with E-state index in [1.807, 2.05) is 31.2 Å². The number of ether oxygens (including phenoxy) is 1. The molecule has 0 aliphatic carbocycles. The normalized spacial score (nSPS) is 12.4. The summed E-state index contributed by atoms with van der Waals surface area (Å²) in [6.45, 7) is 1.93. The predicted octanol–water partition coefficient (Wildman–Crippen LogP) is 2.10. The Kier molecular flexibility index (Phi) is 2.92. The van der Waals surface area contributed by atoms with Crippen molar-refractivity contribution in [2.75, 3.05) is 7.11 Å². The van der Waals surface area contributed by atoms with Gasteiger partial charge in [0.2, 0.25) is 0 Å². The van der Waals surface area contributed by atoms with E-state index in [0.717, 1.165) is 22.6 Å². The number of aromatic amines is 1. The zero-order valence-electron chi connectivity index (χ0n) is 9.40. The molecule has 0 aliphatic rings. The van der Waals surface area contributed by atoms with Gasteiger partial charge in [0.05, 0.1) is 19.0 Å². The average molecular weight is 217 g/mol. The smallest absolute Gasteiger partial charge is 0.118 e. The Morgan fingerprint density at radius 1 is 1.31 bits per heavy atom. The highest BCUT2D eigenvalue weighted by atomic mass is 16.5. The second-order valence-electron chi connectivity index (χ2n) is 3.71. The Labute approximate surface area is 94.4 Å². The number of methoxy groups -OCH3 is 1. The first-order valence-electron chi connectivity index (χ1n) is 5.15. The third kappa shape index (κ3) is 1.92. The summed E-state index contributed by atoms with van der Waals surface area (Å²) in [4.78, 5) is 0. The maximum absolute atomic E-state index is 5.86. The first kappa shape index (κ1) is 10.7. The van der Waals surface area contributed by atoms with Gasteiger partial charge < -0.3 is 10.5 Å². The second-order valence-corrected chi connectivity index (χ2v) is 3.71. The minimum Gasteiger partial charge on any atom is -0.497 e. The number of aromatic nitrogens is 2. The number of H-pyrrole nitrogens is 1. The molecule has 1 heterocycles. The Morgan fingerprint density at radius 3 is 2.56 bits per heavy atom. The van der Waals surface area contributed by atoms with Crippen molar-refractivity contribution in [2.45, 2.75) is 13.0 Å². The van der Waals surface area contributed by atoms with Gasteiger partial charge >= 0.3 is 0 Å². The van der Waals surface area contributed by atoms with Crippen LogP contribution in [0, 0.1) is 0 Å². The van der Waals surface area contributed by atoms with Gasteiger partial charge in [-0.15, -0.1) is 0 Å². The van der Waals surface area contributed by atoms with Gasteiger partial charge in [0.15, 0.2) is 0 Å². The van der Waals surface area contributed by atoms with Gasteiger partial charge in [-0.3, -0.25) is 5.10 Å². The molecule has 0 saturated heterocycles. The van der Waals surface area contributed by atoms with Gasteiger partial charge in [-0.2, -0.15) is 5.10 Å². The molecule has 2 aromatic rings. The fourth-order valence-electron chi connectivity index (χ4n) is 1.64. The first-order chi connectivity index (χ1) is 7.72. The SMILES string of the molecule is COc1ccc(-c2cn[nH]c2C(C)N)cc1. The lowest BCUT2D eigenvalue weighted by atomic mass is 10.0. The summed E-state index contributed by atoms with van der Waals surface area (Å²) in [6.07, 6.45) is 1.79. The van der Waals surface area contributed by atoms with Crippen LogP contribution in [0.25, 0.3) is 11.1 Å². The summed E-state index contributed by atoms with van der Waals surface area (Å²) < 4.78 is 5.12. The van der Waals surface area contributed by atoms with Gasteiger partial charge in [-0.1, -0.05) is 12.1 Å². The third-order valence-electron chi connectivity index (χ3n) is 2.53. The van der Waals surface area contributed by atoms with Crippen LogP contribution in [-0.4, -0.2) is 17.3 Å². The molecule has 16 heavy (non-hydrogen) atoms. The van der Waals surface area contributed by atoms with E-state index in [0.29, 0.717) is 0 Å². The molecule has 3 N–H and O–H groups in total. The zero-order valence-corrected chi connectivity index (χ0v) is 9.40. The average Bonchev–Trinajstić information content (AvgIpc) is 2.78. The highest BCUT2D eigenvalue weighted by molar-refractivity contribution is 5.66. The monoisotopic (exact) mass is 217 g/mol. The van der Waals surface area contributed by atoms with Crippen molar-refractivity contribution in [1.82, 2.24) is 10.2 Å². The predicted molar refractivity (Wildman–Crippen MR) is 63.2 cm³/mol. The molecule has 0 spiro atoms. The van der Waals surface area contributed by atoms with E-state index >= 15 is 0 Å². The number of hydrogen-bond donors (Lipinski definition) is 2. The van der Waals surface area contributed by atoms with E-state index in [1.165, 1.54) is 0 Å². The molecule has 84 valence electrons. The Hall–Kier alpha value is -1.81. The van der Waals surface area contributed by atoms with Crippen molar-refractivity contribution >= 4 is 0 Å². The Bertz CT molecular complexity index is 459. The molecule has 1 unspecified atom stereocenters. The maximum atomic E-state index is 5.86. The van der Waals surface area contributed by atoms with Gasteiger partial charge in [0, 0.05) is 11.6 Å². The number of benzene rings is 1. The number of nitrogens with two attached hydrogens (primary N) is 1. The van der Waals surface area contributed by atoms with Crippen molar-refractivity contribution in [3.63, 3.8) is 0 Å². The van der Waals surface area contributed by atoms with Crippen molar-refractivity contribution in [3.05, 3.63) is 36.2 Å². The van der Waals surface area contributed by atoms with Crippen LogP contribution in [0.15, 0.2) is 30.5 Å². The lowest BCUT2D eigenvalue weighted by molar-refractivity contribution is 0.415. The van der Waals surface area contributed by atoms with Gasteiger partial charge in [-0.05, 0) is 24.6 Å². The van der Waals surface area contributed by atoms with Crippen LogP contribution < -0.4 is 10.5 Å². The highest BCUT2D eigenvalue weighted by Crippen LogP contribution is 2.26. The molecule has 0 saturated carbocycles. The van der Waals surface area contributed by atoms with Crippen LogP contribution in [0.2, 0.25) is 0 Å². The topological polar surface area (TPSA) is 63.9 Å². The van der Waals surface area contributed by atoms with Crippen LogP contribution in [-0.2, 0) is 0 Å². The standard InChI is InChI=1S/C12H15N3O/c1-8(13)12-11(7-14-15-12)9-3-5-10(16-2)6-4-9/h3-8H,13H2,1-2H3,(H,14,15). The first-order valence-corrected chi connectivity index (χ1v) is 5.15. The Morgan fingerprint density at radius 2 is 2.00 bits per heavy atom. The van der Waals surface area contributed by atoms with E-state index < -0.39 is 0 Å². The fourth-order valence-corrected chi connectivity index (χ4v) is 1.64. The quantitative estimate of drug-likeness (QED) is 0.827. The fraction of sp³-hybridized carbons (Fsp3) is 0.250. The van der Waals surface area contributed by atoms with Crippen LogP contribution in [0.1, 0.15) is 18.7 Å². The number of hydrogen-bond acceptors (Lipinski definition) is 3. The van der Waals surface area contributed by atoms with Crippen LogP contribution in [0.3, 0.4) is 0 Å². The molecule has 0 radical (unpaired) electrons. The number of nitrogens with one attached hydrogen (secondary N) is 1. The largest absolute Gasteiger partial charge is 0.497 e. The molecule has 0 bridgehead atoms. The second kappa shape index (κ2) is 4.37. The van der Waals surface area contributed by atoms with Gasteiger partial charge in [-0.25, -0.2) is 0 Å². The van der Waals surface area contributed by atoms with E-state index in [2.05, 4.69) is 10.2 Å². The Balaban J connectivity index is 2.38. The lowest BCUT2D eigenvalue weighted by Crippen LogP contribution is -2.06. The molecule has 1 aromatic carbocycles. The number of rotatable bonds is 3. The summed E-state index contributed by atoms with van der Waals surface area (Å²) in [6, 6.07) is 7.78. The summed E-state index contributed by atoms with van der Waals surface area (Å²) in [7, 11) is 1.65. The summed E-state index contributed by atoms with van der Waals surface area (Å²) >= 11 is 0. The molecule has 4 heteroatoms. The molecule has 1 aromatic heterocycles. The molecule has 0 fully saturated rings. The van der Waals surface area contributed by atoms with Gasteiger partial charge in [0.25, 0.3) is 0 Å². The summed E-state index contributed by atoms with van der Waals surface area (Å²) in [5.41, 5.74) is 8.93. The van der Waals surface area contributed by atoms with Gasteiger partial charge in [0.1, 0.15) is 5.75 Å². The summed E-state index contributed by atoms with van der Waals surface area (Å²) in [5.74, 6) is 0.842. The molecular weight excluding hydrogens is 202 g/mol. The van der Waals surface area contributed by atoms with E-state index in [4.69, 9.17) is 10.5 Å². The lowest BCUT2D eigenvalue weighted by Gasteiger charge is -2.07. The molecule has 4 nitrogen and oxygen atoms in total. The minimum atomic E-state index is -0.0559. The molecule has 0 aliphatic heterocycles. The van der Waals surface area contributed by atoms with Crippen molar-refractivity contribution in [1.29, 1.82) is 0 Å². The molecule has 0 amide bonds. The van der Waals surface area contributed by atoms with Crippen LogP contribution in [0.5, 0.6) is 5.75 Å². The third-order valence-corrected chi connectivity index (χ3v) is 2.53. The van der Waals surface area contributed by atoms with E-state index in [1.54, 1.807) is 13.3 Å². The van der Waals surface area contributed by atoms with Crippen LogP contribution >= 0.6 is 0 Å². The zero-order chi connectivity index (χ0) is 11.5. The molecule has 2 rings (SSSR count). The number of nitrogens with zero attached hydrogens (tertiary/aromatic N) is 1. The van der Waals surface area contributed by atoms with Crippen molar-refractivity contribution in [3.8, 4) is 16.9 Å². The van der Waals surface area contributed by atoms with Crippen molar-refractivity contribution in [2.24, 2.45) is 5.73 Å². The summed E-state index contributed by atoms with van der Waals surface area (Å²) in [5, 5.41) is 6.95. The highest BCUT2D eigenvalue weighted by Gasteiger charge is 2.10. The van der Waals surface area contributed by atoms with E-state index in [9.17, 15) is 0 Å². The molecule has 1 atom stereocenters. The van der Waals surface area contributed by atoms with E-state index in [-0.39, 0.29) is 6.04 Å². The van der Waals surface area contributed by atoms with Crippen molar-refractivity contribution < 1.29 is 4.74 Å².